The molecule has 108 valence electrons. The van der Waals surface area contributed by atoms with Gasteiger partial charge in [0.15, 0.2) is 6.61 Å². The van der Waals surface area contributed by atoms with Crippen LogP contribution in [0, 0.1) is 0 Å². The Bertz CT molecular complexity index is 704. The minimum atomic E-state index is -0.128. The lowest BCUT2D eigenvalue weighted by Gasteiger charge is -2.19. The first-order valence-electron chi connectivity index (χ1n) is 6.36. The molecule has 6 heteroatoms. The van der Waals surface area contributed by atoms with Gasteiger partial charge in [-0.25, -0.2) is 0 Å². The van der Waals surface area contributed by atoms with Gasteiger partial charge >= 0.3 is 0 Å². The van der Waals surface area contributed by atoms with Crippen LogP contribution in [0.4, 0.5) is 11.4 Å². The molecule has 2 aromatic carbocycles. The molecule has 1 heterocycles. The predicted molar refractivity (Wildman–Crippen MR) is 89.7 cm³/mol. The summed E-state index contributed by atoms with van der Waals surface area (Å²) >= 11 is 6.94. The van der Waals surface area contributed by atoms with Crippen LogP contribution in [0.1, 0.15) is 5.56 Å². The predicted octanol–water partition coefficient (Wildman–Crippen LogP) is 4.15. The van der Waals surface area contributed by atoms with Crippen molar-refractivity contribution in [3.8, 4) is 5.75 Å². The number of hydrogen-bond acceptors (Lipinski definition) is 3. The van der Waals surface area contributed by atoms with Crippen molar-refractivity contribution in [1.29, 1.82) is 0 Å². The van der Waals surface area contributed by atoms with E-state index < -0.39 is 0 Å². The Morgan fingerprint density at radius 3 is 2.81 bits per heavy atom. The molecule has 0 atom stereocenters. The van der Waals surface area contributed by atoms with Crippen LogP contribution in [0.25, 0.3) is 0 Å². The molecule has 1 aliphatic rings. The number of carbonyl (C=O) groups is 1. The topological polar surface area (TPSA) is 50.4 Å². The van der Waals surface area contributed by atoms with E-state index in [9.17, 15) is 4.79 Å². The lowest BCUT2D eigenvalue weighted by Crippen LogP contribution is -2.25. The van der Waals surface area contributed by atoms with Gasteiger partial charge in [0.2, 0.25) is 0 Å². The molecule has 2 N–H and O–H groups in total. The van der Waals surface area contributed by atoms with Crippen molar-refractivity contribution in [2.45, 2.75) is 6.54 Å². The molecule has 0 fully saturated rings. The van der Waals surface area contributed by atoms with Gasteiger partial charge in [-0.15, -0.1) is 0 Å². The van der Waals surface area contributed by atoms with E-state index in [0.717, 1.165) is 20.2 Å². The maximum absolute atomic E-state index is 11.3. The molecular weight excluding hydrogens is 400 g/mol. The third kappa shape index (κ3) is 3.39. The van der Waals surface area contributed by atoms with Crippen molar-refractivity contribution in [3.05, 3.63) is 50.9 Å². The highest BCUT2D eigenvalue weighted by atomic mass is 79.9. The van der Waals surface area contributed by atoms with Gasteiger partial charge in [0.1, 0.15) is 5.75 Å². The molecule has 21 heavy (non-hydrogen) atoms. The van der Waals surface area contributed by atoms with Crippen molar-refractivity contribution in [1.82, 2.24) is 0 Å². The minimum absolute atomic E-state index is 0.0761. The van der Waals surface area contributed by atoms with Gasteiger partial charge in [-0.2, -0.15) is 0 Å². The molecule has 2 aromatic rings. The monoisotopic (exact) mass is 410 g/mol. The van der Waals surface area contributed by atoms with Crippen LogP contribution in [0.3, 0.4) is 0 Å². The Balaban J connectivity index is 1.72. The van der Waals surface area contributed by atoms with Crippen molar-refractivity contribution < 1.29 is 9.53 Å². The maximum atomic E-state index is 11.3. The van der Waals surface area contributed by atoms with Crippen LogP contribution < -0.4 is 15.4 Å². The molecule has 3 rings (SSSR count). The fourth-order valence-corrected chi connectivity index (χ4v) is 2.72. The SMILES string of the molecule is O=C1COc2ccc(NCc3ccc(Br)c(Br)c3)cc2N1. The summed E-state index contributed by atoms with van der Waals surface area (Å²) in [6.07, 6.45) is 0. The van der Waals surface area contributed by atoms with E-state index >= 15 is 0 Å². The number of hydrogen-bond donors (Lipinski definition) is 2. The highest BCUT2D eigenvalue weighted by molar-refractivity contribution is 9.13. The number of halogens is 2. The van der Waals surface area contributed by atoms with Gasteiger partial charge < -0.3 is 15.4 Å². The summed E-state index contributed by atoms with van der Waals surface area (Å²) < 4.78 is 7.38. The van der Waals surface area contributed by atoms with Crippen LogP contribution in [0.15, 0.2) is 45.3 Å². The first-order valence-corrected chi connectivity index (χ1v) is 7.95. The van der Waals surface area contributed by atoms with Crippen LogP contribution in [-0.2, 0) is 11.3 Å². The lowest BCUT2D eigenvalue weighted by molar-refractivity contribution is -0.118. The average molecular weight is 412 g/mol. The summed E-state index contributed by atoms with van der Waals surface area (Å²) in [6, 6.07) is 11.8. The molecule has 0 radical (unpaired) electrons. The summed E-state index contributed by atoms with van der Waals surface area (Å²) in [5.41, 5.74) is 2.79. The summed E-state index contributed by atoms with van der Waals surface area (Å²) in [5.74, 6) is 0.572. The number of benzene rings is 2. The van der Waals surface area contributed by atoms with E-state index in [-0.39, 0.29) is 12.5 Å². The number of ether oxygens (including phenoxy) is 1. The highest BCUT2D eigenvalue weighted by Gasteiger charge is 2.15. The van der Waals surface area contributed by atoms with E-state index in [1.54, 1.807) is 0 Å². The molecule has 0 spiro atoms. The maximum Gasteiger partial charge on any atom is 0.262 e. The normalized spacial score (nSPS) is 13.1. The van der Waals surface area contributed by atoms with Crippen LogP contribution in [-0.4, -0.2) is 12.5 Å². The Labute approximate surface area is 139 Å². The molecule has 4 nitrogen and oxygen atoms in total. The number of amides is 1. The van der Waals surface area contributed by atoms with Gasteiger partial charge in [0.25, 0.3) is 5.91 Å². The second-order valence-electron chi connectivity index (χ2n) is 4.65. The molecule has 0 unspecified atom stereocenters. The lowest BCUT2D eigenvalue weighted by atomic mass is 10.2. The fraction of sp³-hybridized carbons (Fsp3) is 0.133. The van der Waals surface area contributed by atoms with E-state index in [0.29, 0.717) is 18.0 Å². The molecule has 1 amide bonds. The zero-order valence-corrected chi connectivity index (χ0v) is 14.1. The number of carbonyl (C=O) groups excluding carboxylic acids is 1. The largest absolute Gasteiger partial charge is 0.482 e. The van der Waals surface area contributed by atoms with Crippen LogP contribution in [0.5, 0.6) is 5.75 Å². The first-order chi connectivity index (χ1) is 10.1. The summed E-state index contributed by atoms with van der Waals surface area (Å²) in [5, 5.41) is 6.13. The third-order valence-corrected chi connectivity index (χ3v) is 4.97. The molecule has 1 aliphatic heterocycles. The van der Waals surface area contributed by atoms with E-state index in [1.807, 2.05) is 30.3 Å². The number of anilines is 2. The number of fused-ring (bicyclic) bond motifs is 1. The van der Waals surface area contributed by atoms with Gasteiger partial charge in [-0.05, 0) is 67.8 Å². The molecular formula is C15H12Br2N2O2. The van der Waals surface area contributed by atoms with Gasteiger partial charge in [-0.3, -0.25) is 4.79 Å². The van der Waals surface area contributed by atoms with Crippen LogP contribution >= 0.6 is 31.9 Å². The van der Waals surface area contributed by atoms with Gasteiger partial charge in [0.05, 0.1) is 5.69 Å². The number of nitrogens with one attached hydrogen (secondary N) is 2. The summed E-state index contributed by atoms with van der Waals surface area (Å²) in [4.78, 5) is 11.3. The van der Waals surface area contributed by atoms with Gasteiger partial charge in [0, 0.05) is 21.2 Å². The zero-order valence-electron chi connectivity index (χ0n) is 11.0. The second-order valence-corrected chi connectivity index (χ2v) is 6.36. The third-order valence-electron chi connectivity index (χ3n) is 3.09. The first kappa shape index (κ1) is 14.4. The molecule has 0 aromatic heterocycles. The fourth-order valence-electron chi connectivity index (χ4n) is 2.05. The van der Waals surface area contributed by atoms with E-state index in [1.165, 1.54) is 0 Å². The second kappa shape index (κ2) is 6.07. The molecule has 0 bridgehead atoms. The van der Waals surface area contributed by atoms with E-state index in [2.05, 4.69) is 48.6 Å². The van der Waals surface area contributed by atoms with Crippen molar-refractivity contribution in [2.75, 3.05) is 17.2 Å². The standard InChI is InChI=1S/C15H12Br2N2O2/c16-11-3-1-9(5-12(11)17)7-18-10-2-4-14-13(6-10)19-15(20)8-21-14/h1-6,18H,7-8H2,(H,19,20). The van der Waals surface area contributed by atoms with E-state index in [4.69, 9.17) is 4.74 Å². The Kier molecular flexibility index (Phi) is 4.17. The highest BCUT2D eigenvalue weighted by Crippen LogP contribution is 2.31. The Morgan fingerprint density at radius 1 is 1.14 bits per heavy atom. The quantitative estimate of drug-likeness (QED) is 0.797. The molecule has 0 saturated carbocycles. The van der Waals surface area contributed by atoms with Crippen molar-refractivity contribution >= 4 is 49.1 Å². The summed E-state index contributed by atoms with van der Waals surface area (Å²) in [7, 11) is 0. The number of rotatable bonds is 3. The molecule has 0 aliphatic carbocycles. The minimum Gasteiger partial charge on any atom is -0.482 e. The molecule has 0 saturated heterocycles. The summed E-state index contributed by atoms with van der Waals surface area (Å²) in [6.45, 7) is 0.770. The van der Waals surface area contributed by atoms with Crippen LogP contribution in [0.2, 0.25) is 0 Å². The smallest absolute Gasteiger partial charge is 0.262 e. The average Bonchev–Trinajstić information content (AvgIpc) is 2.48. The zero-order chi connectivity index (χ0) is 14.8. The van der Waals surface area contributed by atoms with Gasteiger partial charge in [-0.1, -0.05) is 6.07 Å². The van der Waals surface area contributed by atoms with Crippen molar-refractivity contribution in [3.63, 3.8) is 0 Å². The Morgan fingerprint density at radius 2 is 2.00 bits per heavy atom. The van der Waals surface area contributed by atoms with Crippen molar-refractivity contribution in [2.24, 2.45) is 0 Å². The Hall–Kier alpha value is -1.53.